The molecule has 0 bridgehead atoms. The number of halogens is 3. The molecule has 156 valence electrons. The van der Waals surface area contributed by atoms with Crippen molar-refractivity contribution in [2.24, 2.45) is 10.9 Å². The highest BCUT2D eigenvalue weighted by molar-refractivity contribution is 5.80. The summed E-state index contributed by atoms with van der Waals surface area (Å²) in [6.45, 7) is 4.51. The Morgan fingerprint density at radius 1 is 1.15 bits per heavy atom. The van der Waals surface area contributed by atoms with Gasteiger partial charge in [0.2, 0.25) is 0 Å². The monoisotopic (exact) mass is 390 g/mol. The van der Waals surface area contributed by atoms with E-state index in [1.165, 1.54) is 12.8 Å². The lowest BCUT2D eigenvalue weighted by atomic mass is 9.85. The Balaban J connectivity index is 1.56. The van der Waals surface area contributed by atoms with Crippen LogP contribution in [-0.4, -0.2) is 68.5 Å². The molecule has 0 aromatic carbocycles. The second kappa shape index (κ2) is 8.99. The van der Waals surface area contributed by atoms with Gasteiger partial charge in [-0.15, -0.1) is 0 Å². The number of rotatable bonds is 4. The van der Waals surface area contributed by atoms with Crippen LogP contribution in [0.25, 0.3) is 0 Å². The van der Waals surface area contributed by atoms with Gasteiger partial charge in [-0.3, -0.25) is 9.89 Å². The molecule has 1 aliphatic carbocycles. The van der Waals surface area contributed by atoms with Crippen molar-refractivity contribution in [2.45, 2.75) is 69.1 Å². The first-order valence-electron chi connectivity index (χ1n) is 10.3. The van der Waals surface area contributed by atoms with Gasteiger partial charge in [0.05, 0.1) is 5.92 Å². The number of guanidine groups is 1. The molecule has 0 aromatic rings. The molecule has 27 heavy (non-hydrogen) atoms. The van der Waals surface area contributed by atoms with E-state index in [1.807, 2.05) is 0 Å². The summed E-state index contributed by atoms with van der Waals surface area (Å²) in [6.07, 6.45) is 2.08. The van der Waals surface area contributed by atoms with Gasteiger partial charge < -0.3 is 15.4 Å². The van der Waals surface area contributed by atoms with Gasteiger partial charge in [0.1, 0.15) is 0 Å². The van der Waals surface area contributed by atoms with Crippen LogP contribution in [0.15, 0.2) is 4.99 Å². The van der Waals surface area contributed by atoms with E-state index >= 15 is 0 Å². The van der Waals surface area contributed by atoms with E-state index in [2.05, 4.69) is 20.5 Å². The highest BCUT2D eigenvalue weighted by Gasteiger charge is 2.43. The molecule has 3 rings (SSSR count). The highest BCUT2D eigenvalue weighted by Crippen LogP contribution is 2.37. The van der Waals surface area contributed by atoms with E-state index in [9.17, 15) is 13.2 Å². The second-order valence-corrected chi connectivity index (χ2v) is 8.20. The molecule has 5 nitrogen and oxygen atoms in total. The topological polar surface area (TPSA) is 48.9 Å². The minimum absolute atomic E-state index is 0.0629. The van der Waals surface area contributed by atoms with Crippen molar-refractivity contribution in [1.29, 1.82) is 0 Å². The molecular formula is C19H33F3N4O. The molecule has 0 spiro atoms. The summed E-state index contributed by atoms with van der Waals surface area (Å²) in [5.74, 6) is -0.582. The lowest BCUT2D eigenvalue weighted by Gasteiger charge is -2.45. The minimum Gasteiger partial charge on any atom is -0.381 e. The van der Waals surface area contributed by atoms with Gasteiger partial charge in [0.25, 0.3) is 0 Å². The first kappa shape index (κ1) is 20.7. The van der Waals surface area contributed by atoms with Gasteiger partial charge >= 0.3 is 6.18 Å². The first-order valence-corrected chi connectivity index (χ1v) is 10.3. The molecule has 2 unspecified atom stereocenters. The van der Waals surface area contributed by atoms with Crippen molar-refractivity contribution in [3.05, 3.63) is 0 Å². The first-order chi connectivity index (χ1) is 12.9. The SMILES string of the molecule is CN=C(NCC1(N2CCCC2)CCOCC1)NC1CCCC(C(F)(F)F)C1. The Bertz CT molecular complexity index is 500. The van der Waals surface area contributed by atoms with E-state index in [4.69, 9.17) is 4.74 Å². The average Bonchev–Trinajstić information content (AvgIpc) is 3.21. The van der Waals surface area contributed by atoms with Crippen LogP contribution >= 0.6 is 0 Å². The fourth-order valence-corrected chi connectivity index (χ4v) is 4.80. The molecule has 0 radical (unpaired) electrons. The third-order valence-corrected chi connectivity index (χ3v) is 6.49. The normalized spacial score (nSPS) is 30.3. The van der Waals surface area contributed by atoms with Gasteiger partial charge in [-0.2, -0.15) is 13.2 Å². The summed E-state index contributed by atoms with van der Waals surface area (Å²) in [5.41, 5.74) is 0.0629. The smallest absolute Gasteiger partial charge is 0.381 e. The molecular weight excluding hydrogens is 357 g/mol. The fourth-order valence-electron chi connectivity index (χ4n) is 4.80. The summed E-state index contributed by atoms with van der Waals surface area (Å²) in [4.78, 5) is 6.84. The standard InChI is InChI=1S/C19H33F3N4O/c1-23-17(25-16-6-4-5-15(13-16)19(20,21)22)24-14-18(7-11-27-12-8-18)26-9-2-3-10-26/h15-16H,2-14H2,1H3,(H2,23,24,25). The number of hydrogen-bond donors (Lipinski definition) is 2. The van der Waals surface area contributed by atoms with Crippen molar-refractivity contribution >= 4 is 5.96 Å². The molecule has 3 fully saturated rings. The lowest BCUT2D eigenvalue weighted by molar-refractivity contribution is -0.183. The molecule has 3 aliphatic rings. The summed E-state index contributed by atoms with van der Waals surface area (Å²) in [7, 11) is 1.69. The lowest BCUT2D eigenvalue weighted by Crippen LogP contribution is -2.59. The van der Waals surface area contributed by atoms with Crippen LogP contribution in [-0.2, 0) is 4.74 Å². The van der Waals surface area contributed by atoms with Crippen molar-refractivity contribution in [3.8, 4) is 0 Å². The van der Waals surface area contributed by atoms with Crippen LogP contribution in [0, 0.1) is 5.92 Å². The van der Waals surface area contributed by atoms with Crippen molar-refractivity contribution in [2.75, 3.05) is 39.9 Å². The van der Waals surface area contributed by atoms with E-state index in [0.29, 0.717) is 12.4 Å². The average molecular weight is 390 g/mol. The van der Waals surface area contributed by atoms with E-state index in [0.717, 1.165) is 52.1 Å². The van der Waals surface area contributed by atoms with Gasteiger partial charge in [0.15, 0.2) is 5.96 Å². The third kappa shape index (κ3) is 5.28. The molecule has 2 saturated heterocycles. The summed E-state index contributed by atoms with van der Waals surface area (Å²) < 4.78 is 44.7. The van der Waals surface area contributed by atoms with Gasteiger partial charge in [-0.25, -0.2) is 0 Å². The molecule has 2 N–H and O–H groups in total. The van der Waals surface area contributed by atoms with E-state index in [-0.39, 0.29) is 24.4 Å². The van der Waals surface area contributed by atoms with Gasteiger partial charge in [-0.1, -0.05) is 6.42 Å². The van der Waals surface area contributed by atoms with Crippen molar-refractivity contribution in [1.82, 2.24) is 15.5 Å². The van der Waals surface area contributed by atoms with Gasteiger partial charge in [0, 0.05) is 38.4 Å². The summed E-state index contributed by atoms with van der Waals surface area (Å²) in [6, 6.07) is -0.172. The predicted octanol–water partition coefficient (Wildman–Crippen LogP) is 2.92. The third-order valence-electron chi connectivity index (χ3n) is 6.49. The molecule has 2 heterocycles. The van der Waals surface area contributed by atoms with Crippen LogP contribution in [0.3, 0.4) is 0 Å². The number of aliphatic imine (C=N–C) groups is 1. The highest BCUT2D eigenvalue weighted by atomic mass is 19.4. The maximum atomic E-state index is 13.1. The fraction of sp³-hybridized carbons (Fsp3) is 0.947. The predicted molar refractivity (Wildman–Crippen MR) is 99.9 cm³/mol. The summed E-state index contributed by atoms with van der Waals surface area (Å²) >= 11 is 0. The maximum absolute atomic E-state index is 13.1. The maximum Gasteiger partial charge on any atom is 0.391 e. The van der Waals surface area contributed by atoms with Crippen molar-refractivity contribution < 1.29 is 17.9 Å². The number of alkyl halides is 3. The Morgan fingerprint density at radius 3 is 2.48 bits per heavy atom. The molecule has 1 saturated carbocycles. The van der Waals surface area contributed by atoms with E-state index < -0.39 is 12.1 Å². The number of hydrogen-bond acceptors (Lipinski definition) is 3. The number of nitrogens with one attached hydrogen (secondary N) is 2. The quantitative estimate of drug-likeness (QED) is 0.573. The zero-order valence-corrected chi connectivity index (χ0v) is 16.3. The molecule has 2 atom stereocenters. The van der Waals surface area contributed by atoms with Crippen LogP contribution < -0.4 is 10.6 Å². The Morgan fingerprint density at radius 2 is 1.85 bits per heavy atom. The Hall–Kier alpha value is -1.02. The largest absolute Gasteiger partial charge is 0.391 e. The number of likely N-dealkylation sites (tertiary alicyclic amines) is 1. The minimum atomic E-state index is -4.10. The Labute approximate surface area is 160 Å². The van der Waals surface area contributed by atoms with E-state index in [1.54, 1.807) is 7.05 Å². The molecule has 0 aromatic heterocycles. The van der Waals surface area contributed by atoms with Gasteiger partial charge in [-0.05, 0) is 58.0 Å². The zero-order chi connectivity index (χ0) is 19.3. The van der Waals surface area contributed by atoms with Crippen LogP contribution in [0.5, 0.6) is 0 Å². The number of nitrogens with zero attached hydrogens (tertiary/aromatic N) is 2. The molecule has 0 amide bonds. The number of ether oxygens (including phenoxy) is 1. The second-order valence-electron chi connectivity index (χ2n) is 8.20. The molecule has 2 aliphatic heterocycles. The van der Waals surface area contributed by atoms with Crippen LogP contribution in [0.2, 0.25) is 0 Å². The van der Waals surface area contributed by atoms with Crippen molar-refractivity contribution in [3.63, 3.8) is 0 Å². The van der Waals surface area contributed by atoms with Crippen LogP contribution in [0.4, 0.5) is 13.2 Å². The Kier molecular flexibility index (Phi) is 6.89. The summed E-state index contributed by atoms with van der Waals surface area (Å²) in [5, 5.41) is 6.66. The van der Waals surface area contributed by atoms with Crippen LogP contribution in [0.1, 0.15) is 51.4 Å². The molecule has 8 heteroatoms. The zero-order valence-electron chi connectivity index (χ0n) is 16.3.